The normalized spacial score (nSPS) is 13.3. The van der Waals surface area contributed by atoms with Crippen molar-refractivity contribution in [2.45, 2.75) is 25.9 Å². The van der Waals surface area contributed by atoms with Crippen LogP contribution < -0.4 is 0 Å². The van der Waals surface area contributed by atoms with Gasteiger partial charge in [-0.2, -0.15) is 29.8 Å². The van der Waals surface area contributed by atoms with Crippen LogP contribution >= 0.6 is 11.6 Å². The Hall–Kier alpha value is 1.68. The number of hydrogen-bond donors (Lipinski definition) is 1. The molecule has 0 saturated carbocycles. The molecule has 0 heterocycles. The van der Waals surface area contributed by atoms with E-state index >= 15 is 0 Å². The van der Waals surface area contributed by atoms with Gasteiger partial charge in [0.15, 0.2) is 0 Å². The third-order valence-corrected chi connectivity index (χ3v) is 2.72. The molecule has 1 atom stereocenters. The van der Waals surface area contributed by atoms with Crippen LogP contribution in [-0.2, 0) is 71.0 Å². The van der Waals surface area contributed by atoms with E-state index in [1.54, 1.807) is 0 Å². The zero-order valence-corrected chi connectivity index (χ0v) is 15.6. The molecule has 15 heavy (non-hydrogen) atoms. The molecule has 1 unspecified atom stereocenters. The quantitative estimate of drug-likeness (QED) is 0.636. The van der Waals surface area contributed by atoms with E-state index in [-0.39, 0.29) is 71.3 Å². The van der Waals surface area contributed by atoms with E-state index in [1.165, 1.54) is 0 Å². The van der Waals surface area contributed by atoms with Crippen molar-refractivity contribution in [3.63, 3.8) is 0 Å². The SMILES string of the molecule is CCC(O)(CCl)c1[c-]cc(C)cc1.[Y].[Y]. The second kappa shape index (κ2) is 8.72. The Bertz CT molecular complexity index is 270. The van der Waals surface area contributed by atoms with Gasteiger partial charge in [0.05, 0.1) is 11.5 Å². The summed E-state index contributed by atoms with van der Waals surface area (Å²) in [4.78, 5) is 0. The van der Waals surface area contributed by atoms with E-state index in [1.807, 2.05) is 32.0 Å². The topological polar surface area (TPSA) is 20.2 Å². The van der Waals surface area contributed by atoms with Gasteiger partial charge in [0.2, 0.25) is 0 Å². The molecular weight excluding hydrogens is 361 g/mol. The Balaban J connectivity index is 0. The number of alkyl halides is 1. The van der Waals surface area contributed by atoms with Crippen molar-refractivity contribution < 1.29 is 70.5 Å². The van der Waals surface area contributed by atoms with Gasteiger partial charge in [-0.25, -0.2) is 0 Å². The number of halogens is 1. The van der Waals surface area contributed by atoms with E-state index in [9.17, 15) is 5.11 Å². The molecule has 0 spiro atoms. The summed E-state index contributed by atoms with van der Waals surface area (Å²) in [5, 5.41) is 10.0. The number of aliphatic hydroxyl groups is 1. The molecule has 4 heteroatoms. The van der Waals surface area contributed by atoms with E-state index in [0.29, 0.717) is 6.42 Å². The van der Waals surface area contributed by atoms with Gasteiger partial charge >= 0.3 is 0 Å². The summed E-state index contributed by atoms with van der Waals surface area (Å²) < 4.78 is 0. The van der Waals surface area contributed by atoms with E-state index in [0.717, 1.165) is 11.1 Å². The summed E-state index contributed by atoms with van der Waals surface area (Å²) in [5.74, 6) is 0.211. The summed E-state index contributed by atoms with van der Waals surface area (Å²) in [6.07, 6.45) is 0.607. The Morgan fingerprint density at radius 2 is 2.00 bits per heavy atom. The van der Waals surface area contributed by atoms with Crippen molar-refractivity contribution >= 4 is 11.6 Å². The van der Waals surface area contributed by atoms with Gasteiger partial charge in [-0.3, -0.25) is 0 Å². The number of aryl methyl sites for hydroxylation is 1. The molecule has 0 fully saturated rings. The van der Waals surface area contributed by atoms with Gasteiger partial charge < -0.3 is 5.11 Å². The Kier molecular flexibility index (Phi) is 11.1. The minimum atomic E-state index is -0.921. The fourth-order valence-electron chi connectivity index (χ4n) is 1.15. The molecule has 1 aromatic rings. The van der Waals surface area contributed by atoms with Crippen LogP contribution in [0.4, 0.5) is 0 Å². The predicted molar refractivity (Wildman–Crippen MR) is 54.9 cm³/mol. The van der Waals surface area contributed by atoms with E-state index in [2.05, 4.69) is 6.07 Å². The first-order valence-corrected chi connectivity index (χ1v) is 4.93. The maximum Gasteiger partial charge on any atom is 0.0806 e. The average molecular weight is 375 g/mol. The van der Waals surface area contributed by atoms with Gasteiger partial charge in [0, 0.05) is 65.4 Å². The molecule has 1 rings (SSSR count). The van der Waals surface area contributed by atoms with Crippen molar-refractivity contribution in [3.05, 3.63) is 35.4 Å². The smallest absolute Gasteiger partial charge is 0.0806 e. The van der Waals surface area contributed by atoms with Crippen LogP contribution in [-0.4, -0.2) is 11.0 Å². The molecule has 0 amide bonds. The molecular formula is C11H14ClOY2-. The second-order valence-corrected chi connectivity index (χ2v) is 3.57. The van der Waals surface area contributed by atoms with E-state index in [4.69, 9.17) is 11.6 Å². The Morgan fingerprint density at radius 1 is 1.40 bits per heavy atom. The van der Waals surface area contributed by atoms with Gasteiger partial charge in [-0.15, -0.1) is 17.2 Å². The minimum Gasteiger partial charge on any atom is -0.386 e. The van der Waals surface area contributed by atoms with Crippen LogP contribution in [0.2, 0.25) is 0 Å². The zero-order valence-electron chi connectivity index (χ0n) is 9.13. The van der Waals surface area contributed by atoms with Gasteiger partial charge in [-0.1, -0.05) is 13.8 Å². The van der Waals surface area contributed by atoms with Crippen LogP contribution in [0.15, 0.2) is 18.2 Å². The standard InChI is InChI=1S/C11H14ClO.2Y/c1-3-11(13,8-12)10-6-4-9(2)5-7-10;;/h4-6,13H,3,8H2,1-2H3;;/q-1;;. The average Bonchev–Trinajstić information content (AvgIpc) is 2.18. The first kappa shape index (κ1) is 19.0. The molecule has 0 saturated heterocycles. The summed E-state index contributed by atoms with van der Waals surface area (Å²) in [7, 11) is 0. The minimum absolute atomic E-state index is 0. The predicted octanol–water partition coefficient (Wildman–Crippen LogP) is 2.63. The molecule has 1 aromatic carbocycles. The van der Waals surface area contributed by atoms with E-state index < -0.39 is 5.60 Å². The van der Waals surface area contributed by atoms with Crippen molar-refractivity contribution in [2.24, 2.45) is 0 Å². The Labute approximate surface area is 147 Å². The summed E-state index contributed by atoms with van der Waals surface area (Å²) in [5.41, 5.74) is 0.988. The van der Waals surface area contributed by atoms with Crippen molar-refractivity contribution in [2.75, 3.05) is 5.88 Å². The summed E-state index contributed by atoms with van der Waals surface area (Å²) >= 11 is 5.71. The van der Waals surface area contributed by atoms with Crippen molar-refractivity contribution in [1.82, 2.24) is 0 Å². The van der Waals surface area contributed by atoms with Crippen LogP contribution in [0.3, 0.4) is 0 Å². The fraction of sp³-hybridized carbons (Fsp3) is 0.455. The van der Waals surface area contributed by atoms with Gasteiger partial charge in [0.1, 0.15) is 0 Å². The molecule has 0 aliphatic rings. The first-order valence-electron chi connectivity index (χ1n) is 4.39. The van der Waals surface area contributed by atoms with Crippen LogP contribution in [0.25, 0.3) is 0 Å². The third kappa shape index (κ3) is 5.23. The molecule has 2 radical (unpaired) electrons. The summed E-state index contributed by atoms with van der Waals surface area (Å²) in [6.45, 7) is 3.90. The largest absolute Gasteiger partial charge is 0.386 e. The van der Waals surface area contributed by atoms with Crippen LogP contribution in [0.1, 0.15) is 24.5 Å². The summed E-state index contributed by atoms with van der Waals surface area (Å²) in [6, 6.07) is 8.74. The molecule has 0 bridgehead atoms. The van der Waals surface area contributed by atoms with Crippen molar-refractivity contribution in [1.29, 1.82) is 0 Å². The van der Waals surface area contributed by atoms with Gasteiger partial charge in [-0.05, 0) is 6.42 Å². The number of rotatable bonds is 3. The maximum atomic E-state index is 10.0. The Morgan fingerprint density at radius 3 is 2.33 bits per heavy atom. The van der Waals surface area contributed by atoms with Crippen LogP contribution in [0.5, 0.6) is 0 Å². The molecule has 1 nitrogen and oxygen atoms in total. The molecule has 1 N–H and O–H groups in total. The maximum absolute atomic E-state index is 10.0. The zero-order chi connectivity index (χ0) is 9.90. The molecule has 78 valence electrons. The van der Waals surface area contributed by atoms with Gasteiger partial charge in [0.25, 0.3) is 0 Å². The van der Waals surface area contributed by atoms with Crippen LogP contribution in [0, 0.1) is 13.0 Å². The number of hydrogen-bond acceptors (Lipinski definition) is 1. The second-order valence-electron chi connectivity index (χ2n) is 3.30. The monoisotopic (exact) mass is 375 g/mol. The fourth-order valence-corrected chi connectivity index (χ4v) is 1.48. The first-order chi connectivity index (χ1) is 6.12. The molecule has 0 aliphatic carbocycles. The molecule has 0 aromatic heterocycles. The van der Waals surface area contributed by atoms with Crippen molar-refractivity contribution in [3.8, 4) is 0 Å². The third-order valence-electron chi connectivity index (χ3n) is 2.28. The number of benzene rings is 1. The molecule has 0 aliphatic heterocycles.